The summed E-state index contributed by atoms with van der Waals surface area (Å²) < 4.78 is 5.23. The molecule has 3 rings (SSSR count). The first-order chi connectivity index (χ1) is 9.56. The summed E-state index contributed by atoms with van der Waals surface area (Å²) in [5, 5.41) is 19.7. The second-order valence-electron chi connectivity index (χ2n) is 4.30. The smallest absolute Gasteiger partial charge is 0.344 e. The lowest BCUT2D eigenvalue weighted by atomic mass is 10.1. The molecule has 0 atom stereocenters. The average Bonchev–Trinajstić information content (AvgIpc) is 2.44. The molecule has 2 aromatic carbocycles. The van der Waals surface area contributed by atoms with Gasteiger partial charge in [0.2, 0.25) is 0 Å². The van der Waals surface area contributed by atoms with E-state index >= 15 is 0 Å². The fourth-order valence-corrected chi connectivity index (χ4v) is 2.20. The van der Waals surface area contributed by atoms with E-state index in [2.05, 4.69) is 0 Å². The van der Waals surface area contributed by atoms with Crippen molar-refractivity contribution in [3.63, 3.8) is 0 Å². The van der Waals surface area contributed by atoms with Crippen molar-refractivity contribution in [2.24, 2.45) is 0 Å². The molecule has 4 nitrogen and oxygen atoms in total. The third-order valence-electron chi connectivity index (χ3n) is 3.01. The summed E-state index contributed by atoms with van der Waals surface area (Å²) in [6.07, 6.45) is 0. The topological polar surface area (TPSA) is 70.7 Å². The SMILES string of the molecule is O=c1oc(-c2ccc(O)cc2)cc2c(Cl)c(O)ccc12. The Kier molecular flexibility index (Phi) is 2.88. The molecule has 5 heteroatoms. The molecule has 0 unspecified atom stereocenters. The largest absolute Gasteiger partial charge is 0.508 e. The van der Waals surface area contributed by atoms with E-state index in [1.807, 2.05) is 0 Å². The molecule has 3 aromatic rings. The first kappa shape index (κ1) is 12.6. The Labute approximate surface area is 118 Å². The predicted molar refractivity (Wildman–Crippen MR) is 76.3 cm³/mol. The molecule has 0 radical (unpaired) electrons. The Balaban J connectivity index is 2.31. The molecule has 0 saturated carbocycles. The lowest BCUT2D eigenvalue weighted by Gasteiger charge is -2.05. The van der Waals surface area contributed by atoms with Gasteiger partial charge in [-0.1, -0.05) is 11.6 Å². The second kappa shape index (κ2) is 4.58. The van der Waals surface area contributed by atoms with Gasteiger partial charge >= 0.3 is 5.63 Å². The summed E-state index contributed by atoms with van der Waals surface area (Å²) in [5.41, 5.74) is 0.0914. The quantitative estimate of drug-likeness (QED) is 0.718. The highest BCUT2D eigenvalue weighted by molar-refractivity contribution is 6.37. The minimum Gasteiger partial charge on any atom is -0.508 e. The first-order valence-electron chi connectivity index (χ1n) is 5.81. The Bertz CT molecular complexity index is 850. The van der Waals surface area contributed by atoms with E-state index in [4.69, 9.17) is 16.0 Å². The molecule has 100 valence electrons. The number of benzene rings is 2. The van der Waals surface area contributed by atoms with Gasteiger partial charge in [-0.3, -0.25) is 0 Å². The van der Waals surface area contributed by atoms with Crippen LogP contribution < -0.4 is 5.63 Å². The zero-order valence-electron chi connectivity index (χ0n) is 10.1. The minimum absolute atomic E-state index is 0.0959. The molecule has 2 N–H and O–H groups in total. The highest BCUT2D eigenvalue weighted by Crippen LogP contribution is 2.33. The molecule has 0 saturated heterocycles. The average molecular weight is 289 g/mol. The van der Waals surface area contributed by atoms with E-state index in [1.54, 1.807) is 18.2 Å². The van der Waals surface area contributed by atoms with Gasteiger partial charge in [0.05, 0.1) is 10.4 Å². The number of fused-ring (bicyclic) bond motifs is 1. The Morgan fingerprint density at radius 1 is 0.950 bits per heavy atom. The third kappa shape index (κ3) is 2.00. The molecule has 0 aliphatic heterocycles. The lowest BCUT2D eigenvalue weighted by molar-refractivity contribution is 0.475. The zero-order chi connectivity index (χ0) is 14.3. The zero-order valence-corrected chi connectivity index (χ0v) is 10.9. The lowest BCUT2D eigenvalue weighted by Crippen LogP contribution is -2.00. The molecular weight excluding hydrogens is 280 g/mol. The van der Waals surface area contributed by atoms with Crippen molar-refractivity contribution >= 4 is 22.4 Å². The van der Waals surface area contributed by atoms with E-state index < -0.39 is 5.63 Å². The van der Waals surface area contributed by atoms with Gasteiger partial charge in [-0.25, -0.2) is 4.79 Å². The van der Waals surface area contributed by atoms with Gasteiger partial charge in [0.25, 0.3) is 0 Å². The van der Waals surface area contributed by atoms with Crippen LogP contribution in [0.25, 0.3) is 22.1 Å². The summed E-state index contributed by atoms with van der Waals surface area (Å²) in [6.45, 7) is 0. The van der Waals surface area contributed by atoms with Gasteiger partial charge in [-0.15, -0.1) is 0 Å². The molecule has 1 heterocycles. The third-order valence-corrected chi connectivity index (χ3v) is 3.41. The summed E-state index contributed by atoms with van der Waals surface area (Å²) in [6, 6.07) is 10.6. The van der Waals surface area contributed by atoms with E-state index in [9.17, 15) is 15.0 Å². The van der Waals surface area contributed by atoms with Gasteiger partial charge in [-0.05, 0) is 42.5 Å². The number of aromatic hydroxyl groups is 2. The molecular formula is C15H9ClO4. The van der Waals surface area contributed by atoms with Crippen LogP contribution in [0.1, 0.15) is 0 Å². The van der Waals surface area contributed by atoms with E-state index in [1.165, 1.54) is 24.3 Å². The van der Waals surface area contributed by atoms with Gasteiger partial charge in [0, 0.05) is 10.9 Å². The number of hydrogen-bond donors (Lipinski definition) is 2. The van der Waals surface area contributed by atoms with Crippen molar-refractivity contribution in [1.82, 2.24) is 0 Å². The minimum atomic E-state index is -0.535. The summed E-state index contributed by atoms with van der Waals surface area (Å²) in [5.74, 6) is 0.337. The van der Waals surface area contributed by atoms with E-state index in [0.717, 1.165) is 0 Å². The molecule has 0 amide bonds. The Morgan fingerprint density at radius 3 is 2.35 bits per heavy atom. The van der Waals surface area contributed by atoms with Crippen LogP contribution in [0.5, 0.6) is 11.5 Å². The summed E-state index contributed by atoms with van der Waals surface area (Å²) in [7, 11) is 0. The fourth-order valence-electron chi connectivity index (χ4n) is 1.98. The Morgan fingerprint density at radius 2 is 1.65 bits per heavy atom. The van der Waals surface area contributed by atoms with Crippen LogP contribution in [0.4, 0.5) is 0 Å². The predicted octanol–water partition coefficient (Wildman–Crippen LogP) is 3.52. The molecule has 0 aliphatic rings. The van der Waals surface area contributed by atoms with Crippen molar-refractivity contribution in [2.45, 2.75) is 0 Å². The second-order valence-corrected chi connectivity index (χ2v) is 4.68. The highest BCUT2D eigenvalue weighted by atomic mass is 35.5. The molecule has 20 heavy (non-hydrogen) atoms. The monoisotopic (exact) mass is 288 g/mol. The van der Waals surface area contributed by atoms with Crippen molar-refractivity contribution in [2.75, 3.05) is 0 Å². The molecule has 0 bridgehead atoms. The van der Waals surface area contributed by atoms with Gasteiger partial charge in [0.1, 0.15) is 17.3 Å². The number of phenolic OH excluding ortho intramolecular Hbond substituents is 2. The number of phenols is 2. The van der Waals surface area contributed by atoms with Crippen LogP contribution >= 0.6 is 11.6 Å². The van der Waals surface area contributed by atoms with E-state index in [0.29, 0.717) is 22.1 Å². The maximum atomic E-state index is 11.9. The van der Waals surface area contributed by atoms with Gasteiger partial charge < -0.3 is 14.6 Å². The van der Waals surface area contributed by atoms with Crippen LogP contribution in [0.2, 0.25) is 5.02 Å². The van der Waals surface area contributed by atoms with Crippen molar-refractivity contribution in [3.8, 4) is 22.8 Å². The van der Waals surface area contributed by atoms with Crippen molar-refractivity contribution in [1.29, 1.82) is 0 Å². The van der Waals surface area contributed by atoms with Crippen molar-refractivity contribution < 1.29 is 14.6 Å². The van der Waals surface area contributed by atoms with Crippen LogP contribution in [-0.4, -0.2) is 10.2 Å². The fraction of sp³-hybridized carbons (Fsp3) is 0. The molecule has 0 fully saturated rings. The van der Waals surface area contributed by atoms with Gasteiger partial charge in [-0.2, -0.15) is 0 Å². The summed E-state index contributed by atoms with van der Waals surface area (Å²) >= 11 is 6.01. The van der Waals surface area contributed by atoms with Crippen LogP contribution in [-0.2, 0) is 0 Å². The molecule has 0 aliphatic carbocycles. The number of hydrogen-bond acceptors (Lipinski definition) is 4. The number of rotatable bonds is 1. The molecule has 0 spiro atoms. The Hall–Kier alpha value is -2.46. The maximum Gasteiger partial charge on any atom is 0.344 e. The normalized spacial score (nSPS) is 10.8. The highest BCUT2D eigenvalue weighted by Gasteiger charge is 2.11. The van der Waals surface area contributed by atoms with Crippen LogP contribution in [0.15, 0.2) is 51.7 Å². The standard InChI is InChI=1S/C15H9ClO4/c16-14-11-7-13(8-1-3-9(17)4-2-8)20-15(19)10(11)5-6-12(14)18/h1-7,17-18H. The first-order valence-corrected chi connectivity index (χ1v) is 6.19. The molecule has 1 aromatic heterocycles. The van der Waals surface area contributed by atoms with Crippen LogP contribution in [0.3, 0.4) is 0 Å². The van der Waals surface area contributed by atoms with E-state index in [-0.39, 0.29) is 16.5 Å². The number of halogens is 1. The van der Waals surface area contributed by atoms with Gasteiger partial charge in [0.15, 0.2) is 0 Å². The van der Waals surface area contributed by atoms with Crippen molar-refractivity contribution in [3.05, 3.63) is 57.9 Å². The summed E-state index contributed by atoms with van der Waals surface area (Å²) in [4.78, 5) is 11.9. The van der Waals surface area contributed by atoms with Crippen LogP contribution in [0, 0.1) is 0 Å². The maximum absolute atomic E-state index is 11.9.